The third-order valence-electron chi connectivity index (χ3n) is 4.63. The number of aliphatic imine (C=N–C) groups is 1. The second-order valence-corrected chi connectivity index (χ2v) is 8.47. The Morgan fingerprint density at radius 3 is 2.72 bits per heavy atom. The Kier molecular flexibility index (Phi) is 5.68. The molecule has 1 saturated carbocycles. The molecule has 1 aliphatic carbocycles. The van der Waals surface area contributed by atoms with Gasteiger partial charge in [-0.05, 0) is 42.3 Å². The van der Waals surface area contributed by atoms with Crippen molar-refractivity contribution in [3.63, 3.8) is 0 Å². The number of aliphatic hydroxyl groups is 1. The molecule has 1 fully saturated rings. The number of H-pyrrole nitrogens is 1. The highest BCUT2D eigenvalue weighted by molar-refractivity contribution is 7.71. The van der Waals surface area contributed by atoms with Crippen molar-refractivity contribution < 1.29 is 10.2 Å². The first kappa shape index (κ1) is 19.6. The van der Waals surface area contributed by atoms with Crippen LogP contribution in [0.2, 0.25) is 0 Å². The molecule has 0 radical (unpaired) electrons. The van der Waals surface area contributed by atoms with Crippen LogP contribution in [0.15, 0.2) is 22.4 Å². The number of hydrogen-bond donors (Lipinski definition) is 3. The van der Waals surface area contributed by atoms with E-state index in [2.05, 4.69) is 37.3 Å². The Morgan fingerprint density at radius 2 is 2.12 bits per heavy atom. The van der Waals surface area contributed by atoms with Crippen LogP contribution in [0.5, 0.6) is 5.88 Å². The number of hydrogen-bond acceptors (Lipinski definition) is 5. The van der Waals surface area contributed by atoms with E-state index in [9.17, 15) is 15.0 Å². The fourth-order valence-electron chi connectivity index (χ4n) is 4.05. The summed E-state index contributed by atoms with van der Waals surface area (Å²) in [4.78, 5) is 19.0. The first-order valence-electron chi connectivity index (χ1n) is 8.42. The Morgan fingerprint density at radius 1 is 1.44 bits per heavy atom. The van der Waals surface area contributed by atoms with Crippen molar-refractivity contribution in [2.45, 2.75) is 52.7 Å². The lowest BCUT2D eigenvalue weighted by atomic mass is 9.63. The molecule has 0 bridgehead atoms. The normalized spacial score (nSPS) is 26.0. The van der Waals surface area contributed by atoms with E-state index >= 15 is 0 Å². The molecule has 138 valence electrons. The van der Waals surface area contributed by atoms with Gasteiger partial charge in [0, 0.05) is 19.3 Å². The smallest absolute Gasteiger partial charge is 0.264 e. The summed E-state index contributed by atoms with van der Waals surface area (Å²) in [5, 5.41) is 20.4. The van der Waals surface area contributed by atoms with Gasteiger partial charge in [0.1, 0.15) is 5.56 Å². The van der Waals surface area contributed by atoms with Gasteiger partial charge in [-0.3, -0.25) is 19.3 Å². The highest BCUT2D eigenvalue weighted by atomic mass is 32.1. The van der Waals surface area contributed by atoms with Crippen molar-refractivity contribution in [1.29, 1.82) is 0 Å². The van der Waals surface area contributed by atoms with Crippen molar-refractivity contribution >= 4 is 18.4 Å². The van der Waals surface area contributed by atoms with Crippen LogP contribution in [0.25, 0.3) is 0 Å². The van der Waals surface area contributed by atoms with Crippen molar-refractivity contribution in [2.75, 3.05) is 6.54 Å². The van der Waals surface area contributed by atoms with E-state index < -0.39 is 5.56 Å². The fraction of sp³-hybridized carbons (Fsp3) is 0.611. The van der Waals surface area contributed by atoms with E-state index in [0.29, 0.717) is 19.5 Å². The number of rotatable bonds is 5. The third-order valence-corrected chi connectivity index (χ3v) is 4.96. The molecule has 1 heterocycles. The van der Waals surface area contributed by atoms with E-state index in [-0.39, 0.29) is 33.1 Å². The largest absolute Gasteiger partial charge is 0.494 e. The topological polar surface area (TPSA) is 90.6 Å². The zero-order chi connectivity index (χ0) is 18.8. The van der Waals surface area contributed by atoms with Gasteiger partial charge < -0.3 is 10.2 Å². The predicted octanol–water partition coefficient (Wildman–Crippen LogP) is 2.79. The lowest BCUT2D eigenvalue weighted by Gasteiger charge is -2.44. The fourth-order valence-corrected chi connectivity index (χ4v) is 4.30. The van der Waals surface area contributed by atoms with Crippen molar-refractivity contribution in [3.8, 4) is 5.88 Å². The van der Waals surface area contributed by atoms with Gasteiger partial charge in [0.25, 0.3) is 5.56 Å². The summed E-state index contributed by atoms with van der Waals surface area (Å²) in [5.41, 5.74) is -0.483. The van der Waals surface area contributed by atoms with Gasteiger partial charge in [-0.2, -0.15) is 0 Å². The van der Waals surface area contributed by atoms with Gasteiger partial charge in [0.15, 0.2) is 4.77 Å². The zero-order valence-electron chi connectivity index (χ0n) is 15.1. The molecule has 2 rings (SSSR count). The molecule has 0 aromatic carbocycles. The Hall–Kier alpha value is -1.73. The average Bonchev–Trinajstić information content (AvgIpc) is 2.44. The molecule has 1 aromatic rings. The Labute approximate surface area is 152 Å². The van der Waals surface area contributed by atoms with Gasteiger partial charge in [-0.15, -0.1) is 6.58 Å². The van der Waals surface area contributed by atoms with Crippen molar-refractivity contribution in [1.82, 2.24) is 9.55 Å². The lowest BCUT2D eigenvalue weighted by Crippen LogP contribution is -2.40. The minimum Gasteiger partial charge on any atom is -0.494 e. The molecule has 2 atom stereocenters. The summed E-state index contributed by atoms with van der Waals surface area (Å²) in [6, 6.07) is 0. The number of allylic oxidation sites excluding steroid dienone is 1. The maximum atomic E-state index is 12.1. The van der Waals surface area contributed by atoms with Crippen LogP contribution in [0, 0.1) is 15.6 Å². The van der Waals surface area contributed by atoms with Crippen LogP contribution in [0.4, 0.5) is 0 Å². The molecular formula is C18H27N3O3S. The minimum absolute atomic E-state index is 0.0541. The molecule has 0 unspecified atom stereocenters. The molecule has 0 aliphatic heterocycles. The van der Waals surface area contributed by atoms with Crippen LogP contribution in [-0.2, 0) is 6.54 Å². The molecule has 6 nitrogen and oxygen atoms in total. The number of nitrogens with one attached hydrogen (secondary N) is 1. The highest BCUT2D eigenvalue weighted by Crippen LogP contribution is 2.46. The monoisotopic (exact) mass is 365 g/mol. The quantitative estimate of drug-likeness (QED) is 0.425. The molecule has 1 aromatic heterocycles. The molecule has 25 heavy (non-hydrogen) atoms. The van der Waals surface area contributed by atoms with E-state index in [1.807, 2.05) is 0 Å². The summed E-state index contributed by atoms with van der Waals surface area (Å²) in [6.07, 6.45) is 5.04. The van der Waals surface area contributed by atoms with Gasteiger partial charge in [-0.1, -0.05) is 26.8 Å². The van der Waals surface area contributed by atoms with Crippen LogP contribution in [0.1, 0.15) is 45.6 Å². The van der Waals surface area contributed by atoms with Crippen LogP contribution in [-0.4, -0.2) is 38.6 Å². The third kappa shape index (κ3) is 4.67. The summed E-state index contributed by atoms with van der Waals surface area (Å²) in [7, 11) is 0. The number of nitrogens with zero attached hydrogens (tertiary/aromatic N) is 2. The van der Waals surface area contributed by atoms with Crippen molar-refractivity contribution in [2.24, 2.45) is 15.8 Å². The number of aromatic amines is 1. The van der Waals surface area contributed by atoms with E-state index in [0.717, 1.165) is 12.8 Å². The predicted molar refractivity (Wildman–Crippen MR) is 102 cm³/mol. The Balaban J connectivity index is 2.25. The molecule has 0 saturated heterocycles. The molecule has 0 spiro atoms. The number of aliphatic hydroxyl groups excluding tert-OH is 1. The second-order valence-electron chi connectivity index (χ2n) is 8.08. The maximum absolute atomic E-state index is 12.1. The second kappa shape index (κ2) is 7.25. The maximum Gasteiger partial charge on any atom is 0.264 e. The molecule has 3 N–H and O–H groups in total. The molecule has 0 amide bonds. The summed E-state index contributed by atoms with van der Waals surface area (Å²) >= 11 is 5.05. The van der Waals surface area contributed by atoms with Gasteiger partial charge in [0.2, 0.25) is 5.88 Å². The van der Waals surface area contributed by atoms with Crippen LogP contribution < -0.4 is 5.56 Å². The van der Waals surface area contributed by atoms with E-state index in [1.165, 1.54) is 10.8 Å². The summed E-state index contributed by atoms with van der Waals surface area (Å²) in [6.45, 7) is 10.8. The summed E-state index contributed by atoms with van der Waals surface area (Å²) < 4.78 is 1.53. The zero-order valence-corrected chi connectivity index (χ0v) is 15.9. The number of aromatic nitrogens is 2. The van der Waals surface area contributed by atoms with Crippen LogP contribution in [0.3, 0.4) is 0 Å². The Bertz CT molecular complexity index is 794. The summed E-state index contributed by atoms with van der Waals surface area (Å²) in [5.74, 6) is -0.216. The first-order chi connectivity index (χ1) is 11.6. The molecule has 7 heteroatoms. The van der Waals surface area contributed by atoms with Crippen LogP contribution >= 0.6 is 12.2 Å². The highest BCUT2D eigenvalue weighted by Gasteiger charge is 2.40. The van der Waals surface area contributed by atoms with Gasteiger partial charge in [-0.25, -0.2) is 0 Å². The SMILES string of the molecule is C=CCn1c(O)c(C=NC[C@@]2(C)C[C@@H](O)CC(C)(C)C2)c(=O)[nH]c1=S. The standard InChI is InChI=1S/C18H27N3O3S/c1-5-6-21-15(24)13(14(23)20-16(21)25)9-19-11-18(4)8-12(22)7-17(2,3)10-18/h5,9,12,22,24H,1,6-8,10-11H2,2-4H3,(H,20,23,25)/t12-,18-/m0/s1. The first-order valence-corrected chi connectivity index (χ1v) is 8.83. The van der Waals surface area contributed by atoms with E-state index in [1.54, 1.807) is 6.08 Å². The van der Waals surface area contributed by atoms with E-state index in [4.69, 9.17) is 12.2 Å². The number of aromatic hydroxyl groups is 1. The average molecular weight is 365 g/mol. The van der Waals surface area contributed by atoms with Gasteiger partial charge in [0.05, 0.1) is 6.10 Å². The molecular weight excluding hydrogens is 338 g/mol. The minimum atomic E-state index is -0.472. The van der Waals surface area contributed by atoms with Gasteiger partial charge >= 0.3 is 0 Å². The lowest BCUT2D eigenvalue weighted by molar-refractivity contribution is -0.00472. The van der Waals surface area contributed by atoms with Crippen molar-refractivity contribution in [3.05, 3.63) is 33.3 Å². The molecule has 1 aliphatic rings.